The van der Waals surface area contributed by atoms with E-state index in [1.54, 1.807) is 27.7 Å². The normalized spacial score (nSPS) is 24.8. The second-order valence-corrected chi connectivity index (χ2v) is 45.8. The van der Waals surface area contributed by atoms with Crippen LogP contribution in [0.25, 0.3) is 0 Å². The number of hydrogen-bond acceptors (Lipinski definition) is 28. The van der Waals surface area contributed by atoms with Gasteiger partial charge < -0.3 is 40.2 Å². The van der Waals surface area contributed by atoms with Crippen molar-refractivity contribution >= 4 is 125 Å². The lowest BCUT2D eigenvalue weighted by Crippen LogP contribution is -2.44. The highest BCUT2D eigenvalue weighted by atomic mass is 32.3. The van der Waals surface area contributed by atoms with Crippen LogP contribution in [-0.2, 0) is 98.4 Å². The molecule has 528 valence electrons. The minimum atomic E-state index is -4.32. The summed E-state index contributed by atoms with van der Waals surface area (Å²) < 4.78 is 251. The second-order valence-electron chi connectivity index (χ2n) is 23.3. The van der Waals surface area contributed by atoms with Gasteiger partial charge in [-0.05, 0) is 104 Å². The fourth-order valence-electron chi connectivity index (χ4n) is 11.4. The Morgan fingerprint density at radius 1 is 0.376 bits per heavy atom. The Labute approximate surface area is 563 Å². The van der Waals surface area contributed by atoms with Gasteiger partial charge in [-0.2, -0.15) is 0 Å². The molecular weight excluding hydrogens is 1450 g/mol. The molecule has 0 saturated heterocycles. The quantitative estimate of drug-likeness (QED) is 0.0303. The second kappa shape index (κ2) is 30.8. The van der Waals surface area contributed by atoms with Gasteiger partial charge >= 0.3 is 0 Å². The van der Waals surface area contributed by atoms with E-state index >= 15 is 0 Å². The summed E-state index contributed by atoms with van der Waals surface area (Å²) in [5, 5.41) is 9.86. The zero-order valence-corrected chi connectivity index (χ0v) is 62.4. The van der Waals surface area contributed by atoms with E-state index < -0.39 is 130 Å². The SMILES string of the molecule is CCNC1CC(C)S(=O)(=O)c2sc(S(=O)(=O)NCCOCC(COCCNS(=O)(=O)c3cc4c(s3)S(=O)(=O)C(C)CC4NCC)(COCCNS(=O)(=O)c3cc4c(s3)S(=O)(=O)C(C)CC4NCC)COCCNS(=O)(=O)c3cc4c(s3)S(=O)(=O)C(C)CC4NCC)cc21. The number of hydrogen-bond donors (Lipinski definition) is 8. The summed E-state index contributed by atoms with van der Waals surface area (Å²) in [5.74, 6) is 0. The summed E-state index contributed by atoms with van der Waals surface area (Å²) in [4.78, 5) is 0. The van der Waals surface area contributed by atoms with E-state index in [9.17, 15) is 67.3 Å². The van der Waals surface area contributed by atoms with Crippen LogP contribution in [0.1, 0.15) is 127 Å². The molecule has 4 aliphatic heterocycles. The smallest absolute Gasteiger partial charge is 0.250 e. The number of nitrogens with one attached hydrogen (secondary N) is 8. The molecule has 8 atom stereocenters. The molecule has 4 aromatic rings. The molecule has 0 saturated carbocycles. The van der Waals surface area contributed by atoms with Crippen LogP contribution < -0.4 is 40.2 Å². The highest BCUT2D eigenvalue weighted by Gasteiger charge is 2.44. The topological polar surface area (TPSA) is 406 Å². The molecule has 0 aromatic carbocycles. The van der Waals surface area contributed by atoms with Crippen molar-refractivity contribution in [2.24, 2.45) is 5.41 Å². The van der Waals surface area contributed by atoms with Crippen LogP contribution in [0, 0.1) is 5.41 Å². The van der Waals surface area contributed by atoms with Crippen molar-refractivity contribution in [1.29, 1.82) is 0 Å². The summed E-state index contributed by atoms with van der Waals surface area (Å²) in [7, 11) is -32.6. The van der Waals surface area contributed by atoms with E-state index in [0.717, 1.165) is 0 Å². The van der Waals surface area contributed by atoms with Crippen molar-refractivity contribution in [2.45, 2.75) is 160 Å². The van der Waals surface area contributed by atoms with Crippen LogP contribution in [0.15, 0.2) is 57.9 Å². The van der Waals surface area contributed by atoms with Gasteiger partial charge in [0.25, 0.3) is 0 Å². The Morgan fingerprint density at radius 3 is 0.753 bits per heavy atom. The van der Waals surface area contributed by atoms with E-state index in [2.05, 4.69) is 40.2 Å². The lowest BCUT2D eigenvalue weighted by Gasteiger charge is -2.33. The number of sulfonamides is 4. The van der Waals surface area contributed by atoms with Crippen molar-refractivity contribution in [2.75, 3.05) is 105 Å². The van der Waals surface area contributed by atoms with Gasteiger partial charge in [-0.1, -0.05) is 27.7 Å². The Bertz CT molecular complexity index is 3710. The first kappa shape index (κ1) is 76.7. The minimum Gasteiger partial charge on any atom is -0.379 e. The maximum atomic E-state index is 13.8. The van der Waals surface area contributed by atoms with Crippen LogP contribution in [0.2, 0.25) is 0 Å². The molecule has 8 heterocycles. The molecule has 8 N–H and O–H groups in total. The summed E-state index contributed by atoms with van der Waals surface area (Å²) >= 11 is 2.55. The maximum Gasteiger partial charge on any atom is 0.250 e. The zero-order valence-electron chi connectivity index (χ0n) is 52.6. The molecule has 0 radical (unpaired) electrons. The van der Waals surface area contributed by atoms with Crippen LogP contribution in [0.4, 0.5) is 0 Å². The van der Waals surface area contributed by atoms with Gasteiger partial charge in [0.2, 0.25) is 40.1 Å². The lowest BCUT2D eigenvalue weighted by molar-refractivity contribution is -0.104. The highest BCUT2D eigenvalue weighted by Crippen LogP contribution is 2.47. The van der Waals surface area contributed by atoms with E-state index in [0.29, 0.717) is 93.8 Å². The van der Waals surface area contributed by atoms with Crippen LogP contribution in [0.5, 0.6) is 0 Å². The average molecular weight is 1540 g/mol. The Morgan fingerprint density at radius 2 is 0.570 bits per heavy atom. The van der Waals surface area contributed by atoms with Gasteiger partial charge in [0.15, 0.2) is 39.3 Å². The van der Waals surface area contributed by atoms with Gasteiger partial charge in [0.1, 0.15) is 33.7 Å². The summed E-state index contributed by atoms with van der Waals surface area (Å²) in [6.45, 7) is 11.5. The number of rotatable bonds is 36. The maximum absolute atomic E-state index is 13.8. The summed E-state index contributed by atoms with van der Waals surface area (Å²) in [6.07, 6.45) is 0.970. The van der Waals surface area contributed by atoms with Crippen molar-refractivity contribution in [3.8, 4) is 0 Å². The molecule has 0 bridgehead atoms. The largest absolute Gasteiger partial charge is 0.379 e. The molecule has 0 amide bonds. The van der Waals surface area contributed by atoms with Crippen LogP contribution >= 0.6 is 45.3 Å². The molecule has 93 heavy (non-hydrogen) atoms. The first-order valence-corrected chi connectivity index (χ1v) is 45.7. The number of fused-ring (bicyclic) bond motifs is 4. The molecule has 28 nitrogen and oxygen atoms in total. The van der Waals surface area contributed by atoms with E-state index in [4.69, 9.17) is 18.9 Å². The van der Waals surface area contributed by atoms with Gasteiger partial charge in [-0.3, -0.25) is 0 Å². The molecule has 4 aromatic heterocycles. The Balaban J connectivity index is 1.01. The van der Waals surface area contributed by atoms with Crippen molar-refractivity contribution in [1.82, 2.24) is 40.2 Å². The molecule has 4 aliphatic rings. The minimum absolute atomic E-state index is 0.0441. The third-order valence-corrected chi connectivity index (χ3v) is 39.7. The van der Waals surface area contributed by atoms with Gasteiger partial charge in [0.05, 0.1) is 79.3 Å². The molecule has 8 unspecified atom stereocenters. The number of sulfone groups is 4. The molecule has 40 heteroatoms. The first-order valence-electron chi connectivity index (χ1n) is 30.3. The molecule has 0 aliphatic carbocycles. The standard InChI is InChI=1S/C53H84N8O20S12/c1-9-54-41-21-33(5)86(62,63)49-37(41)25-45(82-49)90(70,71)58-13-17-78-29-53(30-79-18-14-59-91(72,73)46-26-38-42(55-10-2)22-34(6)87(64,65)50(38)83-46,31-80-19-15-60-92(74,75)47-27-39-43(56-11-3)23-35(7)88(66,67)51(39)84-47)32-81-20-16-61-93(76,77)48-28-40-44(57-12-4)24-36(8)89(68,69)52(40)85-48/h25-28,33-36,41-44,54-61H,9-24,29-32H2,1-8H3. The van der Waals surface area contributed by atoms with Gasteiger partial charge in [-0.15, -0.1) is 45.3 Å². The zero-order chi connectivity index (χ0) is 68.3. The predicted octanol–water partition coefficient (Wildman–Crippen LogP) is 3.07. The third-order valence-electron chi connectivity index (χ3n) is 16.4. The number of thiophene rings is 4. The van der Waals surface area contributed by atoms with Crippen molar-refractivity contribution in [3.05, 3.63) is 46.5 Å². The van der Waals surface area contributed by atoms with E-state index in [1.165, 1.54) is 24.3 Å². The van der Waals surface area contributed by atoms with Gasteiger partial charge in [-0.25, -0.2) is 86.2 Å². The van der Waals surface area contributed by atoms with Crippen LogP contribution in [-0.4, -0.2) is 194 Å². The third kappa shape index (κ3) is 17.0. The van der Waals surface area contributed by atoms with E-state index in [1.807, 2.05) is 27.7 Å². The van der Waals surface area contributed by atoms with Gasteiger partial charge in [0, 0.05) is 72.6 Å². The first-order chi connectivity index (χ1) is 43.5. The van der Waals surface area contributed by atoms with Crippen molar-refractivity contribution < 1.29 is 86.3 Å². The average Bonchev–Trinajstić information content (AvgIpc) is 1.66. The predicted molar refractivity (Wildman–Crippen MR) is 354 cm³/mol. The molecule has 0 spiro atoms. The van der Waals surface area contributed by atoms with Crippen LogP contribution in [0.3, 0.4) is 0 Å². The molecule has 0 fully saturated rings. The van der Waals surface area contributed by atoms with Crippen molar-refractivity contribution in [3.63, 3.8) is 0 Å². The highest BCUT2D eigenvalue weighted by molar-refractivity contribution is 7.97. The summed E-state index contributed by atoms with van der Waals surface area (Å²) in [5.41, 5.74) is -0.0445. The molecule has 8 rings (SSSR count). The monoisotopic (exact) mass is 1540 g/mol. The fraction of sp³-hybridized carbons (Fsp3) is 0.698. The number of ether oxygens (including phenoxy) is 4. The summed E-state index contributed by atoms with van der Waals surface area (Å²) in [6, 6.07) is 3.76. The Kier molecular flexibility index (Phi) is 25.4. The fourth-order valence-corrected chi connectivity index (χ4v) is 31.6. The van der Waals surface area contributed by atoms with E-state index in [-0.39, 0.29) is 138 Å². The molecular formula is C53H84N8O20S12. The lowest BCUT2D eigenvalue weighted by atomic mass is 9.92. The Hall–Kier alpha value is -2.08.